The second-order valence-corrected chi connectivity index (χ2v) is 23.0. The molecule has 3 atom stereocenters. The van der Waals surface area contributed by atoms with Crippen LogP contribution in [0.4, 0.5) is 0 Å². The minimum atomic E-state index is -1.39. The average molecular weight is 352 g/mol. The molecule has 3 radical (unpaired) electrons. The summed E-state index contributed by atoms with van der Waals surface area (Å²) < 4.78 is 6.79. The SMILES string of the molecule is C[Si]1C[Si](C)C[Si](C)(OCC2CC3C=CC2C3)C[Si](C)C1. The molecule has 1 saturated heterocycles. The Morgan fingerprint density at radius 1 is 1.00 bits per heavy atom. The van der Waals surface area contributed by atoms with Gasteiger partial charge in [-0.3, -0.25) is 0 Å². The van der Waals surface area contributed by atoms with E-state index in [1.807, 2.05) is 0 Å². The van der Waals surface area contributed by atoms with Gasteiger partial charge in [0.15, 0.2) is 8.32 Å². The highest BCUT2D eigenvalue weighted by molar-refractivity contribution is 6.98. The minimum Gasteiger partial charge on any atom is -0.417 e. The van der Waals surface area contributed by atoms with E-state index in [2.05, 4.69) is 38.3 Å². The van der Waals surface area contributed by atoms with Crippen LogP contribution in [0, 0.1) is 17.8 Å². The summed E-state index contributed by atoms with van der Waals surface area (Å²) in [7, 11) is -1.58. The van der Waals surface area contributed by atoms with E-state index in [1.54, 1.807) is 22.7 Å². The topological polar surface area (TPSA) is 9.23 Å². The number of allylic oxidation sites excluding steroid dienone is 2. The van der Waals surface area contributed by atoms with Crippen molar-refractivity contribution in [2.75, 3.05) is 6.61 Å². The van der Waals surface area contributed by atoms with E-state index >= 15 is 0 Å². The van der Waals surface area contributed by atoms with Crippen LogP contribution < -0.4 is 0 Å². The van der Waals surface area contributed by atoms with Crippen LogP contribution in [0.5, 0.6) is 0 Å². The zero-order valence-electron chi connectivity index (χ0n) is 14.2. The van der Waals surface area contributed by atoms with Crippen LogP contribution in [-0.4, -0.2) is 41.3 Å². The molecule has 0 aromatic carbocycles. The first-order chi connectivity index (χ1) is 9.93. The molecule has 2 fully saturated rings. The first-order valence-corrected chi connectivity index (χ1v) is 18.8. The molecule has 1 aliphatic heterocycles. The van der Waals surface area contributed by atoms with Gasteiger partial charge in [0.05, 0.1) is 0 Å². The molecule has 0 N–H and O–H groups in total. The van der Waals surface area contributed by atoms with E-state index < -0.39 is 8.32 Å². The summed E-state index contributed by atoms with van der Waals surface area (Å²) in [6.07, 6.45) is 7.79. The number of fused-ring (bicyclic) bond motifs is 2. The molecule has 2 bridgehead atoms. The number of hydrogen-bond donors (Lipinski definition) is 0. The maximum atomic E-state index is 6.79. The zero-order valence-corrected chi connectivity index (χ0v) is 18.2. The van der Waals surface area contributed by atoms with Crippen molar-refractivity contribution < 1.29 is 4.43 Å². The van der Waals surface area contributed by atoms with Crippen molar-refractivity contribution in [3.8, 4) is 0 Å². The predicted octanol–water partition coefficient (Wildman–Crippen LogP) is 4.33. The fourth-order valence-electron chi connectivity index (χ4n) is 5.05. The molecule has 3 aliphatic rings. The Hall–Kier alpha value is 0.568. The Bertz CT molecular complexity index is 386. The second kappa shape index (κ2) is 6.59. The lowest BCUT2D eigenvalue weighted by atomic mass is 9.95. The zero-order chi connectivity index (χ0) is 15.0. The van der Waals surface area contributed by atoms with Crippen molar-refractivity contribution in [3.05, 3.63) is 12.2 Å². The fourth-order valence-corrected chi connectivity index (χ4v) is 31.4. The molecule has 117 valence electrons. The molecule has 2 aliphatic carbocycles. The highest BCUT2D eigenvalue weighted by Crippen LogP contribution is 2.44. The molecule has 1 saturated carbocycles. The third-order valence-corrected chi connectivity index (χ3v) is 27.0. The van der Waals surface area contributed by atoms with Gasteiger partial charge in [0.1, 0.15) is 0 Å². The van der Waals surface area contributed by atoms with Crippen LogP contribution in [0.3, 0.4) is 0 Å². The van der Waals surface area contributed by atoms with Gasteiger partial charge < -0.3 is 4.43 Å². The molecule has 1 heterocycles. The van der Waals surface area contributed by atoms with Gasteiger partial charge in [-0.05, 0) is 48.5 Å². The van der Waals surface area contributed by atoms with Crippen LogP contribution >= 0.6 is 0 Å². The van der Waals surface area contributed by atoms with E-state index in [4.69, 9.17) is 4.43 Å². The van der Waals surface area contributed by atoms with Gasteiger partial charge in [0, 0.05) is 33.0 Å². The van der Waals surface area contributed by atoms with Crippen molar-refractivity contribution in [3.63, 3.8) is 0 Å². The summed E-state index contributed by atoms with van der Waals surface area (Å²) in [6.45, 7) is 11.5. The highest BCUT2D eigenvalue weighted by Gasteiger charge is 2.40. The largest absolute Gasteiger partial charge is 0.417 e. The monoisotopic (exact) mass is 351 g/mol. The van der Waals surface area contributed by atoms with Gasteiger partial charge in [-0.1, -0.05) is 43.1 Å². The van der Waals surface area contributed by atoms with Crippen molar-refractivity contribution in [1.29, 1.82) is 0 Å². The van der Waals surface area contributed by atoms with Crippen LogP contribution in [-0.2, 0) is 4.43 Å². The molecule has 1 nitrogen and oxygen atoms in total. The van der Waals surface area contributed by atoms with Crippen LogP contribution in [0.1, 0.15) is 12.8 Å². The molecule has 0 aromatic rings. The van der Waals surface area contributed by atoms with Crippen molar-refractivity contribution in [2.45, 2.75) is 61.7 Å². The first-order valence-electron chi connectivity index (χ1n) is 8.70. The standard InChI is InChI=1S/C16H31OSi4/c1-18-10-19(2)12-21(4,13-20(3)11-18)17-9-16-8-14-5-6-15(16)7-14/h5-6,14-16H,7-13H2,1-4H3. The van der Waals surface area contributed by atoms with Gasteiger partial charge in [-0.2, -0.15) is 0 Å². The second-order valence-electron chi connectivity index (χ2n) is 8.38. The molecule has 3 rings (SSSR count). The summed E-state index contributed by atoms with van der Waals surface area (Å²) in [5.74, 6) is 2.63. The number of rotatable bonds is 3. The van der Waals surface area contributed by atoms with E-state index in [0.29, 0.717) is 0 Å². The minimum absolute atomic E-state index is 0.0126. The Morgan fingerprint density at radius 3 is 2.19 bits per heavy atom. The Kier molecular flexibility index (Phi) is 5.16. The van der Waals surface area contributed by atoms with Gasteiger partial charge in [-0.15, -0.1) is 0 Å². The predicted molar refractivity (Wildman–Crippen MR) is 100 cm³/mol. The third-order valence-electron chi connectivity index (χ3n) is 5.62. The van der Waals surface area contributed by atoms with E-state index in [0.717, 1.165) is 24.4 Å². The highest BCUT2D eigenvalue weighted by atomic mass is 28.4. The molecule has 5 heteroatoms. The quantitative estimate of drug-likeness (QED) is 0.543. The average Bonchev–Trinajstić information content (AvgIpc) is 2.96. The lowest BCUT2D eigenvalue weighted by Crippen LogP contribution is -2.47. The summed E-state index contributed by atoms with van der Waals surface area (Å²) >= 11 is 0. The Balaban J connectivity index is 1.57. The van der Waals surface area contributed by atoms with Gasteiger partial charge in [0.25, 0.3) is 0 Å². The lowest BCUT2D eigenvalue weighted by molar-refractivity contribution is 0.220. The summed E-state index contributed by atoms with van der Waals surface area (Å²) in [5, 5.41) is 0. The lowest BCUT2D eigenvalue weighted by Gasteiger charge is -2.36. The first kappa shape index (κ1) is 16.4. The third kappa shape index (κ3) is 4.10. The summed E-state index contributed by atoms with van der Waals surface area (Å²) in [6, 6.07) is 0. The fraction of sp³-hybridized carbons (Fsp3) is 0.875. The Morgan fingerprint density at radius 2 is 1.67 bits per heavy atom. The molecule has 0 amide bonds. The maximum Gasteiger partial charge on any atom is 0.184 e. The molecule has 0 spiro atoms. The molecular formula is C16H31OSi4. The van der Waals surface area contributed by atoms with E-state index in [1.165, 1.54) is 12.8 Å². The molecule has 0 aromatic heterocycles. The van der Waals surface area contributed by atoms with Gasteiger partial charge in [-0.25, -0.2) is 0 Å². The summed E-state index contributed by atoms with van der Waals surface area (Å²) in [5.41, 5.74) is 6.36. The van der Waals surface area contributed by atoms with Gasteiger partial charge >= 0.3 is 0 Å². The number of hydrogen-bond acceptors (Lipinski definition) is 1. The van der Waals surface area contributed by atoms with Crippen LogP contribution in [0.2, 0.25) is 48.9 Å². The van der Waals surface area contributed by atoms with E-state index in [-0.39, 0.29) is 26.4 Å². The van der Waals surface area contributed by atoms with Crippen molar-refractivity contribution >= 4 is 34.7 Å². The van der Waals surface area contributed by atoms with Crippen molar-refractivity contribution in [1.82, 2.24) is 0 Å². The van der Waals surface area contributed by atoms with Gasteiger partial charge in [0.2, 0.25) is 0 Å². The molecule has 21 heavy (non-hydrogen) atoms. The van der Waals surface area contributed by atoms with Crippen molar-refractivity contribution in [2.24, 2.45) is 17.8 Å². The van der Waals surface area contributed by atoms with Crippen LogP contribution in [0.25, 0.3) is 0 Å². The van der Waals surface area contributed by atoms with E-state index in [9.17, 15) is 0 Å². The molecular weight excluding hydrogens is 321 g/mol. The Labute approximate surface area is 137 Å². The smallest absolute Gasteiger partial charge is 0.184 e. The van der Waals surface area contributed by atoms with Crippen LogP contribution in [0.15, 0.2) is 12.2 Å². The summed E-state index contributed by atoms with van der Waals surface area (Å²) in [4.78, 5) is 0. The maximum absolute atomic E-state index is 6.79. The molecule has 3 unspecified atom stereocenters. The normalized spacial score (nSPS) is 37.8.